The number of anilines is 1. The molecule has 0 saturated carbocycles. The fraction of sp³-hybridized carbons (Fsp3) is 0.632. The molecule has 142 valence electrons. The Morgan fingerprint density at radius 2 is 1.92 bits per heavy atom. The molecule has 0 aliphatic carbocycles. The first kappa shape index (κ1) is 20.7. The van der Waals surface area contributed by atoms with Crippen LogP contribution in [0.15, 0.2) is 4.47 Å². The number of rotatable bonds is 4. The molecule has 1 saturated heterocycles. The number of carbonyl (C=O) groups excluding carboxylic acids is 1. The van der Waals surface area contributed by atoms with Crippen LogP contribution in [-0.2, 0) is 9.53 Å². The maximum absolute atomic E-state index is 12.3. The summed E-state index contributed by atoms with van der Waals surface area (Å²) >= 11 is 3.58. The normalized spacial score (nSPS) is 17.7. The molecular formula is C19H26BrN3O3. The summed E-state index contributed by atoms with van der Waals surface area (Å²) in [6, 6.07) is 2.39. The van der Waals surface area contributed by atoms with Crippen LogP contribution in [0.3, 0.4) is 0 Å². The lowest BCUT2D eigenvalue weighted by molar-refractivity contribution is -0.157. The van der Waals surface area contributed by atoms with E-state index in [2.05, 4.69) is 31.9 Å². The number of halogens is 1. The predicted octanol–water partition coefficient (Wildman–Crippen LogP) is 3.58. The number of carbonyl (C=O) groups is 1. The van der Waals surface area contributed by atoms with Crippen LogP contribution in [0.2, 0.25) is 0 Å². The van der Waals surface area contributed by atoms with Crippen molar-refractivity contribution < 1.29 is 14.6 Å². The van der Waals surface area contributed by atoms with Crippen molar-refractivity contribution in [2.45, 2.75) is 59.7 Å². The number of pyridine rings is 1. The van der Waals surface area contributed by atoms with Gasteiger partial charge in [0.15, 0.2) is 6.10 Å². The number of aliphatic hydroxyl groups is 1. The Morgan fingerprint density at radius 3 is 2.42 bits per heavy atom. The topological polar surface area (TPSA) is 86.5 Å². The molecule has 7 heteroatoms. The van der Waals surface area contributed by atoms with Gasteiger partial charge in [0.05, 0.1) is 33.4 Å². The lowest BCUT2D eigenvalue weighted by Crippen LogP contribution is -2.39. The van der Waals surface area contributed by atoms with Gasteiger partial charge in [-0.25, -0.2) is 4.79 Å². The summed E-state index contributed by atoms with van der Waals surface area (Å²) in [5.41, 5.74) is 2.29. The van der Waals surface area contributed by atoms with E-state index >= 15 is 0 Å². The highest BCUT2D eigenvalue weighted by molar-refractivity contribution is 9.10. The van der Waals surface area contributed by atoms with Crippen LogP contribution < -0.4 is 4.90 Å². The molecule has 0 radical (unpaired) electrons. The Balaban J connectivity index is 2.45. The van der Waals surface area contributed by atoms with Crippen molar-refractivity contribution in [1.29, 1.82) is 5.26 Å². The predicted molar refractivity (Wildman–Crippen MR) is 103 cm³/mol. The van der Waals surface area contributed by atoms with Gasteiger partial charge in [0.25, 0.3) is 0 Å². The Kier molecular flexibility index (Phi) is 6.30. The van der Waals surface area contributed by atoms with Crippen LogP contribution in [0.4, 0.5) is 5.69 Å². The van der Waals surface area contributed by atoms with Crippen molar-refractivity contribution in [3.63, 3.8) is 0 Å². The number of hydrogen-bond acceptors (Lipinski definition) is 6. The molecule has 0 amide bonds. The number of piperidine rings is 1. The van der Waals surface area contributed by atoms with Gasteiger partial charge in [0.1, 0.15) is 0 Å². The monoisotopic (exact) mass is 423 g/mol. The van der Waals surface area contributed by atoms with Crippen molar-refractivity contribution in [1.82, 2.24) is 4.98 Å². The first-order chi connectivity index (χ1) is 12.1. The van der Waals surface area contributed by atoms with E-state index in [0.29, 0.717) is 24.3 Å². The van der Waals surface area contributed by atoms with Gasteiger partial charge in [-0.15, -0.1) is 0 Å². The number of nitrogens with zero attached hydrogens (tertiary/aromatic N) is 3. The van der Waals surface area contributed by atoms with Crippen LogP contribution in [0.1, 0.15) is 56.7 Å². The first-order valence-electron chi connectivity index (χ1n) is 8.81. The molecule has 1 aliphatic heterocycles. The quantitative estimate of drug-likeness (QED) is 0.744. The zero-order valence-electron chi connectivity index (χ0n) is 16.0. The van der Waals surface area contributed by atoms with E-state index in [4.69, 9.17) is 4.74 Å². The standard InChI is InChI=1S/C19H26BrN3O3/c1-11(2)26-18(25)17(24)14-12(3)22-13(4)15(20)16(14)23-8-6-19(5,10-21)7-9-23/h11,17,24H,6-9H2,1-5H3/t17-/m0/s1. The second-order valence-corrected chi connectivity index (χ2v) is 8.20. The number of nitriles is 1. The Bertz CT molecular complexity index is 735. The molecule has 1 aliphatic rings. The van der Waals surface area contributed by atoms with Gasteiger partial charge in [-0.3, -0.25) is 4.98 Å². The van der Waals surface area contributed by atoms with Crippen LogP contribution in [0.5, 0.6) is 0 Å². The van der Waals surface area contributed by atoms with Gasteiger partial charge in [0.2, 0.25) is 0 Å². The molecule has 1 aromatic heterocycles. The lowest BCUT2D eigenvalue weighted by Gasteiger charge is -2.38. The van der Waals surface area contributed by atoms with Crippen LogP contribution in [0, 0.1) is 30.6 Å². The molecule has 1 atom stereocenters. The summed E-state index contributed by atoms with van der Waals surface area (Å²) in [5.74, 6) is -0.680. The highest BCUT2D eigenvalue weighted by Gasteiger charge is 2.35. The van der Waals surface area contributed by atoms with E-state index in [1.807, 2.05) is 13.8 Å². The summed E-state index contributed by atoms with van der Waals surface area (Å²) in [7, 11) is 0. The number of aliphatic hydroxyl groups excluding tert-OH is 1. The molecule has 6 nitrogen and oxygen atoms in total. The zero-order valence-corrected chi connectivity index (χ0v) is 17.6. The summed E-state index contributed by atoms with van der Waals surface area (Å²) in [4.78, 5) is 18.9. The van der Waals surface area contributed by atoms with Crippen molar-refractivity contribution in [2.24, 2.45) is 5.41 Å². The van der Waals surface area contributed by atoms with Gasteiger partial charge < -0.3 is 14.7 Å². The van der Waals surface area contributed by atoms with E-state index in [1.54, 1.807) is 20.8 Å². The molecule has 0 unspecified atom stereocenters. The van der Waals surface area contributed by atoms with Gasteiger partial charge in [-0.2, -0.15) is 5.26 Å². The lowest BCUT2D eigenvalue weighted by atomic mass is 9.81. The van der Waals surface area contributed by atoms with E-state index in [-0.39, 0.29) is 11.5 Å². The molecule has 0 aromatic carbocycles. The third-order valence-corrected chi connectivity index (χ3v) is 5.76. The average molecular weight is 424 g/mol. The number of ether oxygens (including phenoxy) is 1. The van der Waals surface area contributed by atoms with Crippen LogP contribution in [-0.4, -0.2) is 35.3 Å². The molecular weight excluding hydrogens is 398 g/mol. The van der Waals surface area contributed by atoms with Gasteiger partial charge in [-0.1, -0.05) is 0 Å². The van der Waals surface area contributed by atoms with E-state index in [1.165, 1.54) is 0 Å². The second-order valence-electron chi connectivity index (χ2n) is 7.41. The number of aromatic nitrogens is 1. The molecule has 2 rings (SSSR count). The summed E-state index contributed by atoms with van der Waals surface area (Å²) in [6.45, 7) is 10.5. The van der Waals surface area contributed by atoms with Crippen molar-refractivity contribution >= 4 is 27.6 Å². The largest absolute Gasteiger partial charge is 0.461 e. The minimum Gasteiger partial charge on any atom is -0.461 e. The summed E-state index contributed by atoms with van der Waals surface area (Å²) in [6.07, 6.45) is -0.264. The summed E-state index contributed by atoms with van der Waals surface area (Å²) < 4.78 is 5.95. The Morgan fingerprint density at radius 1 is 1.35 bits per heavy atom. The average Bonchev–Trinajstić information content (AvgIpc) is 2.57. The van der Waals surface area contributed by atoms with E-state index in [9.17, 15) is 15.2 Å². The smallest absolute Gasteiger partial charge is 0.340 e. The first-order valence-corrected chi connectivity index (χ1v) is 9.60. The molecule has 2 heterocycles. The van der Waals surface area contributed by atoms with E-state index < -0.39 is 12.1 Å². The molecule has 26 heavy (non-hydrogen) atoms. The van der Waals surface area contributed by atoms with Gasteiger partial charge in [-0.05, 0) is 63.4 Å². The Labute approximate surface area is 163 Å². The molecule has 0 spiro atoms. The van der Waals surface area contributed by atoms with Crippen LogP contribution >= 0.6 is 15.9 Å². The maximum atomic E-state index is 12.3. The number of hydrogen-bond donors (Lipinski definition) is 1. The minimum absolute atomic E-state index is 0.311. The van der Waals surface area contributed by atoms with E-state index in [0.717, 1.165) is 28.7 Å². The van der Waals surface area contributed by atoms with Crippen LogP contribution in [0.25, 0.3) is 0 Å². The van der Waals surface area contributed by atoms with Gasteiger partial charge >= 0.3 is 5.97 Å². The number of aryl methyl sites for hydroxylation is 2. The second kappa shape index (κ2) is 7.93. The molecule has 1 aromatic rings. The third kappa shape index (κ3) is 4.18. The maximum Gasteiger partial charge on any atom is 0.340 e. The molecule has 1 N–H and O–H groups in total. The zero-order chi connectivity index (χ0) is 19.6. The minimum atomic E-state index is -1.40. The SMILES string of the molecule is Cc1nc(C)c([C@H](O)C(=O)OC(C)C)c(N2CCC(C)(C#N)CC2)c1Br. The van der Waals surface area contributed by atoms with Crippen molar-refractivity contribution in [3.05, 3.63) is 21.4 Å². The number of esters is 1. The fourth-order valence-corrected chi connectivity index (χ4v) is 3.76. The van der Waals surface area contributed by atoms with Crippen molar-refractivity contribution in [3.8, 4) is 6.07 Å². The fourth-order valence-electron chi connectivity index (χ4n) is 3.21. The summed E-state index contributed by atoms with van der Waals surface area (Å²) in [5, 5.41) is 20.0. The molecule has 1 fully saturated rings. The van der Waals surface area contributed by atoms with Gasteiger partial charge in [0, 0.05) is 24.3 Å². The Hall–Kier alpha value is -1.65. The van der Waals surface area contributed by atoms with Crippen molar-refractivity contribution in [2.75, 3.05) is 18.0 Å². The highest BCUT2D eigenvalue weighted by atomic mass is 79.9. The molecule has 0 bridgehead atoms. The third-order valence-electron chi connectivity index (χ3n) is 4.81. The highest BCUT2D eigenvalue weighted by Crippen LogP contribution is 2.41.